The fourth-order valence-corrected chi connectivity index (χ4v) is 5.70. The van der Waals surface area contributed by atoms with Crippen molar-refractivity contribution in [3.8, 4) is 17.0 Å². The molecule has 2 aromatic heterocycles. The van der Waals surface area contributed by atoms with Crippen molar-refractivity contribution in [2.45, 2.75) is 40.7 Å². The normalized spacial score (nSPS) is 14.5. The number of esters is 2. The van der Waals surface area contributed by atoms with Crippen LogP contribution in [0.15, 0.2) is 23.6 Å². The Bertz CT molecular complexity index is 1410. The summed E-state index contributed by atoms with van der Waals surface area (Å²) in [6.45, 7) is 8.38. The minimum atomic E-state index is -0.794. The molecule has 0 saturated heterocycles. The highest BCUT2D eigenvalue weighted by Crippen LogP contribution is 2.38. The molecule has 200 valence electrons. The first kappa shape index (κ1) is 27.3. The second-order valence-corrected chi connectivity index (χ2v) is 10.5. The van der Waals surface area contributed by atoms with Gasteiger partial charge in [0.1, 0.15) is 22.2 Å². The maximum absolute atomic E-state index is 13.2. The van der Waals surface area contributed by atoms with E-state index in [1.54, 1.807) is 39.8 Å². The summed E-state index contributed by atoms with van der Waals surface area (Å²) in [6, 6.07) is 5.37. The number of hydrogen-bond acceptors (Lipinski definition) is 10. The lowest BCUT2D eigenvalue weighted by atomic mass is 10.1. The van der Waals surface area contributed by atoms with E-state index in [0.29, 0.717) is 17.0 Å². The van der Waals surface area contributed by atoms with E-state index >= 15 is 0 Å². The molecule has 38 heavy (non-hydrogen) atoms. The molecule has 4 rings (SSSR count). The van der Waals surface area contributed by atoms with Crippen molar-refractivity contribution in [2.75, 3.05) is 30.0 Å². The van der Waals surface area contributed by atoms with E-state index in [4.69, 9.17) is 14.2 Å². The van der Waals surface area contributed by atoms with Crippen LogP contribution in [0.4, 0.5) is 10.7 Å². The highest BCUT2D eigenvalue weighted by molar-refractivity contribution is 7.18. The number of hydrogen-bond donors (Lipinski definition) is 1. The number of benzene rings is 1. The molecule has 0 fully saturated rings. The van der Waals surface area contributed by atoms with E-state index in [1.165, 1.54) is 16.2 Å². The van der Waals surface area contributed by atoms with Crippen molar-refractivity contribution in [2.24, 2.45) is 0 Å². The number of carbonyl (C=O) groups is 4. The van der Waals surface area contributed by atoms with Crippen LogP contribution in [-0.4, -0.2) is 54.6 Å². The van der Waals surface area contributed by atoms with Gasteiger partial charge in [-0.3, -0.25) is 14.5 Å². The van der Waals surface area contributed by atoms with Crippen LogP contribution in [0.2, 0.25) is 0 Å². The Kier molecular flexibility index (Phi) is 8.12. The summed E-state index contributed by atoms with van der Waals surface area (Å²) in [4.78, 5) is 57.5. The van der Waals surface area contributed by atoms with Gasteiger partial charge in [0.25, 0.3) is 5.91 Å². The third-order valence-corrected chi connectivity index (χ3v) is 7.68. The van der Waals surface area contributed by atoms with Gasteiger partial charge in [-0.05, 0) is 58.4 Å². The van der Waals surface area contributed by atoms with Crippen LogP contribution in [0.3, 0.4) is 0 Å². The molecule has 1 unspecified atom stereocenters. The summed E-state index contributed by atoms with van der Waals surface area (Å²) in [5.41, 5.74) is 2.40. The number of anilines is 2. The van der Waals surface area contributed by atoms with Crippen LogP contribution in [-0.2, 0) is 19.1 Å². The van der Waals surface area contributed by atoms with Crippen molar-refractivity contribution < 1.29 is 33.4 Å². The van der Waals surface area contributed by atoms with Gasteiger partial charge in [0, 0.05) is 10.9 Å². The molecule has 12 heteroatoms. The van der Waals surface area contributed by atoms with E-state index in [0.717, 1.165) is 27.6 Å². The third kappa shape index (κ3) is 5.41. The lowest BCUT2D eigenvalue weighted by molar-refractivity contribution is -0.127. The predicted molar refractivity (Wildman–Crippen MR) is 144 cm³/mol. The SMILES string of the molecule is CCOC(=O)c1sc(NC(=O)CN2C(=O)C(C)Oc3ccc(-c4csc(C)n4)cc32)c(C(=O)OCC)c1C. The molecule has 10 nitrogen and oxygen atoms in total. The van der Waals surface area contributed by atoms with E-state index in [1.807, 2.05) is 18.4 Å². The summed E-state index contributed by atoms with van der Waals surface area (Å²) in [5, 5.41) is 5.66. The molecule has 3 aromatic rings. The standard InChI is InChI=1S/C26H27N3O7S2/c1-6-34-25(32)21-13(3)22(26(33)35-7-2)38-23(21)28-20(30)11-29-18-10-16(17-12-37-15(5)27-17)8-9-19(18)36-14(4)24(29)31/h8-10,12,14H,6-7,11H2,1-5H3,(H,28,30). The first-order chi connectivity index (χ1) is 18.1. The van der Waals surface area contributed by atoms with Gasteiger partial charge < -0.3 is 19.5 Å². The summed E-state index contributed by atoms with van der Waals surface area (Å²) in [7, 11) is 0. The molecule has 1 atom stereocenters. The van der Waals surface area contributed by atoms with Crippen LogP contribution in [0, 0.1) is 13.8 Å². The van der Waals surface area contributed by atoms with Crippen LogP contribution >= 0.6 is 22.7 Å². The lowest BCUT2D eigenvalue weighted by Gasteiger charge is -2.32. The summed E-state index contributed by atoms with van der Waals surface area (Å²) >= 11 is 2.43. The van der Waals surface area contributed by atoms with Crippen LogP contribution in [0.5, 0.6) is 5.75 Å². The van der Waals surface area contributed by atoms with Gasteiger partial charge in [0.2, 0.25) is 5.91 Å². The highest BCUT2D eigenvalue weighted by atomic mass is 32.1. The number of thiazole rings is 1. The molecular weight excluding hydrogens is 530 g/mol. The predicted octanol–water partition coefficient (Wildman–Crippen LogP) is 4.59. The second kappa shape index (κ2) is 11.3. The number of aromatic nitrogens is 1. The Hall–Kier alpha value is -3.77. The first-order valence-electron chi connectivity index (χ1n) is 12.0. The van der Waals surface area contributed by atoms with Gasteiger partial charge in [0.15, 0.2) is 6.10 Å². The van der Waals surface area contributed by atoms with Crippen molar-refractivity contribution in [1.29, 1.82) is 0 Å². The number of ether oxygens (including phenoxy) is 3. The molecule has 0 radical (unpaired) electrons. The van der Waals surface area contributed by atoms with Crippen LogP contribution in [0.25, 0.3) is 11.3 Å². The van der Waals surface area contributed by atoms with Crippen molar-refractivity contribution in [1.82, 2.24) is 4.98 Å². The van der Waals surface area contributed by atoms with Gasteiger partial charge in [0.05, 0.1) is 35.2 Å². The topological polar surface area (TPSA) is 124 Å². The van der Waals surface area contributed by atoms with Gasteiger partial charge >= 0.3 is 11.9 Å². The zero-order chi connectivity index (χ0) is 27.6. The van der Waals surface area contributed by atoms with Crippen molar-refractivity contribution in [3.63, 3.8) is 0 Å². The van der Waals surface area contributed by atoms with Crippen molar-refractivity contribution in [3.05, 3.63) is 44.6 Å². The van der Waals surface area contributed by atoms with Gasteiger partial charge in [-0.1, -0.05) is 0 Å². The summed E-state index contributed by atoms with van der Waals surface area (Å²) in [6.07, 6.45) is -0.794. The van der Waals surface area contributed by atoms with Crippen molar-refractivity contribution >= 4 is 57.1 Å². The first-order valence-corrected chi connectivity index (χ1v) is 13.7. The largest absolute Gasteiger partial charge is 0.479 e. The highest BCUT2D eigenvalue weighted by Gasteiger charge is 2.34. The monoisotopic (exact) mass is 557 g/mol. The molecule has 1 aliphatic heterocycles. The molecule has 1 aromatic carbocycles. The van der Waals surface area contributed by atoms with Crippen LogP contribution < -0.4 is 15.0 Å². The average molecular weight is 558 g/mol. The Balaban J connectivity index is 1.64. The van der Waals surface area contributed by atoms with E-state index < -0.39 is 23.9 Å². The molecule has 1 aliphatic rings. The van der Waals surface area contributed by atoms with Gasteiger partial charge in [-0.2, -0.15) is 0 Å². The van der Waals surface area contributed by atoms with E-state index in [9.17, 15) is 19.2 Å². The zero-order valence-corrected chi connectivity index (χ0v) is 23.2. The van der Waals surface area contributed by atoms with E-state index in [2.05, 4.69) is 10.3 Å². The number of carbonyl (C=O) groups excluding carboxylic acids is 4. The fraction of sp³-hybridized carbons (Fsp3) is 0.346. The molecule has 2 amide bonds. The third-order valence-electron chi connectivity index (χ3n) is 5.72. The minimum Gasteiger partial charge on any atom is -0.479 e. The number of aryl methyl sites for hydroxylation is 1. The maximum atomic E-state index is 13.2. The lowest BCUT2D eigenvalue weighted by Crippen LogP contribution is -2.47. The number of fused-ring (bicyclic) bond motifs is 1. The number of amides is 2. The second-order valence-electron chi connectivity index (χ2n) is 8.37. The Labute approximate surface area is 227 Å². The molecular formula is C26H27N3O7S2. The molecule has 0 aliphatic carbocycles. The Morgan fingerprint density at radius 2 is 1.84 bits per heavy atom. The van der Waals surface area contributed by atoms with E-state index in [-0.39, 0.29) is 41.1 Å². The molecule has 0 spiro atoms. The van der Waals surface area contributed by atoms with Gasteiger partial charge in [-0.25, -0.2) is 14.6 Å². The molecule has 3 heterocycles. The molecule has 1 N–H and O–H groups in total. The number of nitrogens with zero attached hydrogens (tertiary/aromatic N) is 2. The Morgan fingerprint density at radius 3 is 2.50 bits per heavy atom. The molecule has 0 saturated carbocycles. The smallest absolute Gasteiger partial charge is 0.348 e. The number of thiophene rings is 1. The summed E-state index contributed by atoms with van der Waals surface area (Å²) < 4.78 is 16.0. The fourth-order valence-electron chi connectivity index (χ4n) is 3.98. The zero-order valence-electron chi connectivity index (χ0n) is 21.6. The number of nitrogens with one attached hydrogen (secondary N) is 1. The summed E-state index contributed by atoms with van der Waals surface area (Å²) in [5.74, 6) is -1.76. The molecule has 0 bridgehead atoms. The quantitative estimate of drug-likeness (QED) is 0.399. The minimum absolute atomic E-state index is 0.0801. The number of rotatable bonds is 8. The average Bonchev–Trinajstić information content (AvgIpc) is 3.45. The van der Waals surface area contributed by atoms with Crippen LogP contribution in [0.1, 0.15) is 51.4 Å². The Morgan fingerprint density at radius 1 is 1.13 bits per heavy atom. The van der Waals surface area contributed by atoms with Gasteiger partial charge in [-0.15, -0.1) is 22.7 Å². The maximum Gasteiger partial charge on any atom is 0.348 e.